The Bertz CT molecular complexity index is 1290. The van der Waals surface area contributed by atoms with E-state index < -0.39 is 11.4 Å². The first-order chi connectivity index (χ1) is 16.1. The van der Waals surface area contributed by atoms with Gasteiger partial charge < -0.3 is 15.0 Å². The van der Waals surface area contributed by atoms with Crippen LogP contribution >= 0.6 is 23.2 Å². The number of hydrogen-bond acceptors (Lipinski definition) is 6. The summed E-state index contributed by atoms with van der Waals surface area (Å²) < 4.78 is 20.1. The first-order valence-corrected chi connectivity index (χ1v) is 11.7. The van der Waals surface area contributed by atoms with Crippen molar-refractivity contribution in [3.05, 3.63) is 52.5 Å². The molecule has 1 amide bonds. The van der Waals surface area contributed by atoms with Crippen LogP contribution in [0.2, 0.25) is 10.0 Å². The van der Waals surface area contributed by atoms with E-state index in [1.807, 2.05) is 43.9 Å². The zero-order valence-electron chi connectivity index (χ0n) is 19.0. The quantitative estimate of drug-likeness (QED) is 0.440. The molecule has 3 heterocycles. The molecule has 10 heteroatoms. The molecule has 178 valence electrons. The third-order valence-electron chi connectivity index (χ3n) is 6.23. The number of carbonyl (C=O) groups excluding carboxylic acids is 1. The maximum atomic E-state index is 14.6. The van der Waals surface area contributed by atoms with Crippen LogP contribution in [0.4, 0.5) is 26.4 Å². The Morgan fingerprint density at radius 3 is 2.62 bits per heavy atom. The minimum Gasteiger partial charge on any atom is -0.444 e. The van der Waals surface area contributed by atoms with Gasteiger partial charge in [-0.2, -0.15) is 0 Å². The SMILES string of the molecule is CC(C)(C)OC(=O)N1CCC12CN(c1ccc3ncnc(Nc4ccc(Cl)c(Cl)c4F)c3c1)C2. The number of rotatable bonds is 3. The number of aromatic nitrogens is 2. The molecule has 7 nitrogen and oxygen atoms in total. The van der Waals surface area contributed by atoms with Gasteiger partial charge in [0.15, 0.2) is 5.82 Å². The maximum Gasteiger partial charge on any atom is 0.410 e. The summed E-state index contributed by atoms with van der Waals surface area (Å²) in [5, 5.41) is 3.75. The molecule has 2 aromatic carbocycles. The van der Waals surface area contributed by atoms with Crippen molar-refractivity contribution in [3.8, 4) is 0 Å². The third kappa shape index (κ3) is 3.99. The Morgan fingerprint density at radius 2 is 1.94 bits per heavy atom. The molecule has 1 N–H and O–H groups in total. The fourth-order valence-corrected chi connectivity index (χ4v) is 4.72. The van der Waals surface area contributed by atoms with Gasteiger partial charge in [0.2, 0.25) is 0 Å². The lowest BCUT2D eigenvalue weighted by Crippen LogP contribution is -2.78. The van der Waals surface area contributed by atoms with E-state index in [0.717, 1.165) is 36.1 Å². The number of fused-ring (bicyclic) bond motifs is 1. The molecule has 5 rings (SSSR count). The Morgan fingerprint density at radius 1 is 1.18 bits per heavy atom. The molecule has 0 radical (unpaired) electrons. The summed E-state index contributed by atoms with van der Waals surface area (Å²) >= 11 is 11.9. The number of anilines is 3. The molecule has 2 aliphatic rings. The molecule has 34 heavy (non-hydrogen) atoms. The van der Waals surface area contributed by atoms with Crippen LogP contribution in [0.15, 0.2) is 36.7 Å². The average Bonchev–Trinajstić information content (AvgIpc) is 2.71. The van der Waals surface area contributed by atoms with Crippen LogP contribution in [0.25, 0.3) is 10.9 Å². The highest BCUT2D eigenvalue weighted by Crippen LogP contribution is 2.43. The zero-order valence-corrected chi connectivity index (χ0v) is 20.5. The Kier molecular flexibility index (Phi) is 5.48. The van der Waals surface area contributed by atoms with Crippen molar-refractivity contribution in [2.45, 2.75) is 38.3 Å². The van der Waals surface area contributed by atoms with Gasteiger partial charge in [-0.05, 0) is 57.5 Å². The maximum absolute atomic E-state index is 14.6. The van der Waals surface area contributed by atoms with Crippen LogP contribution in [0, 0.1) is 5.82 Å². The second-order valence-corrected chi connectivity index (χ2v) is 10.5. The first kappa shape index (κ1) is 22.9. The number of nitrogens with one attached hydrogen (secondary N) is 1. The van der Waals surface area contributed by atoms with Gasteiger partial charge in [0.1, 0.15) is 17.7 Å². The van der Waals surface area contributed by atoms with E-state index in [1.165, 1.54) is 18.5 Å². The molecule has 2 aliphatic heterocycles. The molecule has 0 bridgehead atoms. The van der Waals surface area contributed by atoms with Crippen molar-refractivity contribution in [1.29, 1.82) is 0 Å². The summed E-state index contributed by atoms with van der Waals surface area (Å²) in [6.07, 6.45) is 2.11. The van der Waals surface area contributed by atoms with E-state index in [-0.39, 0.29) is 27.4 Å². The summed E-state index contributed by atoms with van der Waals surface area (Å²) in [6, 6.07) is 8.90. The molecular formula is C24H24Cl2FN5O2. The van der Waals surface area contributed by atoms with E-state index in [0.29, 0.717) is 12.4 Å². The van der Waals surface area contributed by atoms with E-state index in [2.05, 4.69) is 20.2 Å². The fraction of sp³-hybridized carbons (Fsp3) is 0.375. The highest BCUT2D eigenvalue weighted by Gasteiger charge is 2.56. The van der Waals surface area contributed by atoms with Crippen molar-refractivity contribution in [2.24, 2.45) is 0 Å². The number of likely N-dealkylation sites (tertiary alicyclic amines) is 1. The van der Waals surface area contributed by atoms with Crippen LogP contribution in [0.5, 0.6) is 0 Å². The Labute approximate surface area is 206 Å². The van der Waals surface area contributed by atoms with Gasteiger partial charge >= 0.3 is 6.09 Å². The van der Waals surface area contributed by atoms with Crippen LogP contribution in [-0.4, -0.2) is 51.7 Å². The average molecular weight is 504 g/mol. The molecule has 0 atom stereocenters. The van der Waals surface area contributed by atoms with E-state index in [1.54, 1.807) is 0 Å². The standard InChI is InChI=1S/C24H24Cl2FN5O2/c1-23(2,3)34-22(33)32-9-8-24(32)11-31(12-24)14-4-6-17-15(10-14)21(29-13-28-17)30-18-7-5-16(25)19(26)20(18)27/h4-7,10,13H,8-9,11-12H2,1-3H3,(H,28,29,30). The molecule has 0 aliphatic carbocycles. The van der Waals surface area contributed by atoms with Crippen molar-refractivity contribution in [2.75, 3.05) is 29.9 Å². The van der Waals surface area contributed by atoms with Crippen LogP contribution in [-0.2, 0) is 4.74 Å². The molecular weight excluding hydrogens is 480 g/mol. The molecule has 0 saturated carbocycles. The summed E-state index contributed by atoms with van der Waals surface area (Å²) in [5.41, 5.74) is 1.16. The lowest BCUT2D eigenvalue weighted by Gasteiger charge is -2.62. The van der Waals surface area contributed by atoms with Gasteiger partial charge in [0.25, 0.3) is 0 Å². The topological polar surface area (TPSA) is 70.6 Å². The van der Waals surface area contributed by atoms with Gasteiger partial charge in [-0.3, -0.25) is 4.90 Å². The van der Waals surface area contributed by atoms with E-state index in [9.17, 15) is 9.18 Å². The molecule has 2 fully saturated rings. The minimum absolute atomic E-state index is 0.141. The lowest BCUT2D eigenvalue weighted by molar-refractivity contribution is -0.0560. The highest BCUT2D eigenvalue weighted by molar-refractivity contribution is 6.42. The number of hydrogen-bond donors (Lipinski definition) is 1. The fourth-order valence-electron chi connectivity index (χ4n) is 4.41. The molecule has 3 aromatic rings. The van der Waals surface area contributed by atoms with Crippen molar-refractivity contribution in [1.82, 2.24) is 14.9 Å². The van der Waals surface area contributed by atoms with Crippen LogP contribution in [0.1, 0.15) is 27.2 Å². The number of nitrogens with zero attached hydrogens (tertiary/aromatic N) is 4. The predicted molar refractivity (Wildman–Crippen MR) is 132 cm³/mol. The minimum atomic E-state index is -0.644. The monoisotopic (exact) mass is 503 g/mol. The molecule has 1 spiro atoms. The summed E-state index contributed by atoms with van der Waals surface area (Å²) in [5.74, 6) is -0.188. The Balaban J connectivity index is 1.37. The van der Waals surface area contributed by atoms with Crippen molar-refractivity contribution in [3.63, 3.8) is 0 Å². The van der Waals surface area contributed by atoms with Gasteiger partial charge in [-0.15, -0.1) is 0 Å². The Hall–Kier alpha value is -2.84. The third-order valence-corrected chi connectivity index (χ3v) is 7.01. The van der Waals surface area contributed by atoms with Crippen molar-refractivity contribution >= 4 is 57.4 Å². The van der Waals surface area contributed by atoms with Gasteiger partial charge in [0, 0.05) is 30.7 Å². The van der Waals surface area contributed by atoms with E-state index >= 15 is 0 Å². The number of ether oxygens (including phenoxy) is 1. The summed E-state index contributed by atoms with van der Waals surface area (Å²) in [7, 11) is 0. The number of benzene rings is 2. The zero-order chi connectivity index (χ0) is 24.3. The number of carbonyl (C=O) groups is 1. The molecule has 0 unspecified atom stereocenters. The second-order valence-electron chi connectivity index (χ2n) is 9.73. The number of halogens is 3. The molecule has 1 aromatic heterocycles. The normalized spacial score (nSPS) is 16.9. The van der Waals surface area contributed by atoms with Crippen LogP contribution < -0.4 is 10.2 Å². The second kappa shape index (κ2) is 8.13. The van der Waals surface area contributed by atoms with Crippen LogP contribution in [0.3, 0.4) is 0 Å². The van der Waals surface area contributed by atoms with Gasteiger partial charge in [0.05, 0.1) is 26.8 Å². The number of amides is 1. The predicted octanol–water partition coefficient (Wildman–Crippen LogP) is 6.02. The highest BCUT2D eigenvalue weighted by atomic mass is 35.5. The summed E-state index contributed by atoms with van der Waals surface area (Å²) in [4.78, 5) is 25.2. The smallest absolute Gasteiger partial charge is 0.410 e. The summed E-state index contributed by atoms with van der Waals surface area (Å²) in [6.45, 7) is 7.76. The largest absolute Gasteiger partial charge is 0.444 e. The van der Waals surface area contributed by atoms with E-state index in [4.69, 9.17) is 27.9 Å². The first-order valence-electron chi connectivity index (χ1n) is 11.0. The lowest BCUT2D eigenvalue weighted by atomic mass is 9.77. The van der Waals surface area contributed by atoms with Gasteiger partial charge in [-0.1, -0.05) is 23.2 Å². The van der Waals surface area contributed by atoms with Crippen molar-refractivity contribution < 1.29 is 13.9 Å². The van der Waals surface area contributed by atoms with Gasteiger partial charge in [-0.25, -0.2) is 19.2 Å². The molecule has 2 saturated heterocycles.